The Hall–Kier alpha value is -1.32. The minimum absolute atomic E-state index is 0.0334. The van der Waals surface area contributed by atoms with Crippen LogP contribution in [0, 0.1) is 0 Å². The largest absolute Gasteiger partial charge is 0.492 e. The molecular formula is C22H28BrNO. The zero-order valence-electron chi connectivity index (χ0n) is 15.2. The van der Waals surface area contributed by atoms with Gasteiger partial charge in [-0.2, -0.15) is 0 Å². The first-order valence-corrected chi connectivity index (χ1v) is 10.1. The van der Waals surface area contributed by atoms with Crippen LogP contribution in [0.3, 0.4) is 0 Å². The molecule has 0 unspecified atom stereocenters. The van der Waals surface area contributed by atoms with Gasteiger partial charge in [0.15, 0.2) is 0 Å². The zero-order valence-corrected chi connectivity index (χ0v) is 16.8. The number of benzene rings is 2. The van der Waals surface area contributed by atoms with Crippen LogP contribution in [-0.2, 0) is 5.41 Å². The first-order valence-electron chi connectivity index (χ1n) is 9.29. The van der Waals surface area contributed by atoms with Gasteiger partial charge in [0.25, 0.3) is 0 Å². The molecule has 0 radical (unpaired) electrons. The molecule has 2 aromatic carbocycles. The molecule has 1 atom stereocenters. The van der Waals surface area contributed by atoms with Crippen LogP contribution in [-0.4, -0.2) is 19.2 Å². The van der Waals surface area contributed by atoms with Gasteiger partial charge in [-0.1, -0.05) is 56.7 Å². The molecule has 0 aliphatic carbocycles. The van der Waals surface area contributed by atoms with E-state index in [0.717, 1.165) is 29.8 Å². The van der Waals surface area contributed by atoms with Crippen LogP contribution in [0.4, 0.5) is 0 Å². The normalized spacial score (nSPS) is 18.1. The predicted octanol–water partition coefficient (Wildman–Crippen LogP) is 5.69. The molecule has 134 valence electrons. The molecule has 1 N–H and O–H groups in total. The first kappa shape index (κ1) is 18.5. The van der Waals surface area contributed by atoms with Crippen LogP contribution in [0.25, 0.3) is 0 Å². The maximum Gasteiger partial charge on any atom is 0.133 e. The van der Waals surface area contributed by atoms with Crippen molar-refractivity contribution < 1.29 is 4.74 Å². The second kappa shape index (κ2) is 8.37. The molecule has 25 heavy (non-hydrogen) atoms. The monoisotopic (exact) mass is 401 g/mol. The van der Waals surface area contributed by atoms with E-state index in [1.807, 2.05) is 0 Å². The molecule has 2 aromatic rings. The Bertz CT molecular complexity index is 678. The smallest absolute Gasteiger partial charge is 0.133 e. The van der Waals surface area contributed by atoms with Gasteiger partial charge in [0.2, 0.25) is 0 Å². The Morgan fingerprint density at radius 2 is 1.88 bits per heavy atom. The van der Waals surface area contributed by atoms with Crippen molar-refractivity contribution >= 4 is 15.9 Å². The van der Waals surface area contributed by atoms with Crippen LogP contribution < -0.4 is 10.1 Å². The number of rotatable bonds is 6. The van der Waals surface area contributed by atoms with E-state index >= 15 is 0 Å². The number of nitrogens with one attached hydrogen (secondary N) is 1. The molecule has 0 aromatic heterocycles. The van der Waals surface area contributed by atoms with Gasteiger partial charge in [-0.3, -0.25) is 0 Å². The van der Waals surface area contributed by atoms with Crippen molar-refractivity contribution in [1.29, 1.82) is 0 Å². The molecule has 0 amide bonds. The van der Waals surface area contributed by atoms with Crippen LogP contribution in [0.5, 0.6) is 5.75 Å². The third-order valence-corrected chi connectivity index (χ3v) is 5.91. The molecule has 1 fully saturated rings. The van der Waals surface area contributed by atoms with E-state index in [-0.39, 0.29) is 5.41 Å². The van der Waals surface area contributed by atoms with E-state index in [0.29, 0.717) is 6.04 Å². The molecule has 0 saturated carbocycles. The van der Waals surface area contributed by atoms with Gasteiger partial charge >= 0.3 is 0 Å². The lowest BCUT2D eigenvalue weighted by Gasteiger charge is -2.27. The number of halogens is 1. The summed E-state index contributed by atoms with van der Waals surface area (Å²) >= 11 is 3.70. The van der Waals surface area contributed by atoms with Gasteiger partial charge in [0, 0.05) is 11.5 Å². The van der Waals surface area contributed by atoms with Gasteiger partial charge in [-0.15, -0.1) is 0 Å². The van der Waals surface area contributed by atoms with Crippen molar-refractivity contribution in [2.45, 2.75) is 51.0 Å². The Balaban J connectivity index is 1.64. The topological polar surface area (TPSA) is 21.3 Å². The minimum atomic E-state index is -0.0334. The molecule has 1 saturated heterocycles. The van der Waals surface area contributed by atoms with E-state index in [4.69, 9.17) is 4.74 Å². The maximum absolute atomic E-state index is 6.03. The molecule has 1 heterocycles. The summed E-state index contributed by atoms with van der Waals surface area (Å²) in [6.45, 7) is 6.44. The Morgan fingerprint density at radius 3 is 2.56 bits per heavy atom. The summed E-state index contributed by atoms with van der Waals surface area (Å²) in [5.74, 6) is 0.934. The van der Waals surface area contributed by atoms with Crippen LogP contribution in [0.2, 0.25) is 0 Å². The minimum Gasteiger partial charge on any atom is -0.492 e. The quantitative estimate of drug-likeness (QED) is 0.671. The molecule has 3 heteroatoms. The highest BCUT2D eigenvalue weighted by Crippen LogP contribution is 2.36. The first-order chi connectivity index (χ1) is 12.1. The van der Waals surface area contributed by atoms with E-state index in [9.17, 15) is 0 Å². The lowest BCUT2D eigenvalue weighted by Crippen LogP contribution is -2.35. The number of ether oxygens (including phenoxy) is 1. The summed E-state index contributed by atoms with van der Waals surface area (Å²) in [6, 6.07) is 17.7. The molecular weight excluding hydrogens is 374 g/mol. The maximum atomic E-state index is 6.03. The molecule has 2 nitrogen and oxygen atoms in total. The second-order valence-electron chi connectivity index (χ2n) is 7.42. The second-order valence-corrected chi connectivity index (χ2v) is 8.27. The van der Waals surface area contributed by atoms with Crippen molar-refractivity contribution in [3.63, 3.8) is 0 Å². The fourth-order valence-electron chi connectivity index (χ4n) is 3.51. The van der Waals surface area contributed by atoms with E-state index in [1.165, 1.54) is 30.4 Å². The van der Waals surface area contributed by atoms with Gasteiger partial charge in [-0.25, -0.2) is 0 Å². The number of hydrogen-bond donors (Lipinski definition) is 1. The summed E-state index contributed by atoms with van der Waals surface area (Å²) in [4.78, 5) is 0. The highest BCUT2D eigenvalue weighted by Gasteiger charge is 2.23. The Kier molecular flexibility index (Phi) is 6.19. The average molecular weight is 402 g/mol. The van der Waals surface area contributed by atoms with E-state index in [2.05, 4.69) is 83.6 Å². The van der Waals surface area contributed by atoms with E-state index in [1.54, 1.807) is 0 Å². The fourth-order valence-corrected chi connectivity index (χ4v) is 4.00. The summed E-state index contributed by atoms with van der Waals surface area (Å²) in [5.41, 5.74) is 2.57. The molecule has 3 rings (SSSR count). The van der Waals surface area contributed by atoms with Crippen molar-refractivity contribution in [2.75, 3.05) is 13.2 Å². The standard InChI is InChI=1S/C22H28BrNO/c1-22(2,17-8-4-3-5-9-17)18-11-12-21(20(23)16-18)25-15-13-19-10-6-7-14-24-19/h3-5,8-9,11-12,16,19,24H,6-7,10,13-15H2,1-2H3/t19-/m1/s1. The van der Waals surface area contributed by atoms with Gasteiger partial charge in [0.05, 0.1) is 11.1 Å². The summed E-state index contributed by atoms with van der Waals surface area (Å²) in [5, 5.41) is 3.58. The van der Waals surface area contributed by atoms with E-state index < -0.39 is 0 Å². The summed E-state index contributed by atoms with van der Waals surface area (Å²) in [6.07, 6.45) is 4.99. The van der Waals surface area contributed by atoms with Gasteiger partial charge < -0.3 is 10.1 Å². The lowest BCUT2D eigenvalue weighted by molar-refractivity contribution is 0.267. The molecule has 0 spiro atoms. The molecule has 1 aliphatic heterocycles. The summed E-state index contributed by atoms with van der Waals surface area (Å²) in [7, 11) is 0. The third-order valence-electron chi connectivity index (χ3n) is 5.29. The van der Waals surface area contributed by atoms with Gasteiger partial charge in [0.1, 0.15) is 5.75 Å². The SMILES string of the molecule is CC(C)(c1ccccc1)c1ccc(OCC[C@H]2CCCCN2)c(Br)c1. The summed E-state index contributed by atoms with van der Waals surface area (Å²) < 4.78 is 7.06. The van der Waals surface area contributed by atoms with Crippen molar-refractivity contribution in [3.05, 3.63) is 64.1 Å². The van der Waals surface area contributed by atoms with Crippen LogP contribution in [0.15, 0.2) is 53.0 Å². The van der Waals surface area contributed by atoms with Gasteiger partial charge in [-0.05, 0) is 65.0 Å². The van der Waals surface area contributed by atoms with Crippen molar-refractivity contribution in [2.24, 2.45) is 0 Å². The number of hydrogen-bond acceptors (Lipinski definition) is 2. The lowest BCUT2D eigenvalue weighted by atomic mass is 9.78. The average Bonchev–Trinajstić information content (AvgIpc) is 2.64. The third kappa shape index (κ3) is 4.65. The van der Waals surface area contributed by atoms with Crippen LogP contribution in [0.1, 0.15) is 50.7 Å². The van der Waals surface area contributed by atoms with Crippen LogP contribution >= 0.6 is 15.9 Å². The molecule has 1 aliphatic rings. The zero-order chi connectivity index (χ0) is 17.7. The highest BCUT2D eigenvalue weighted by molar-refractivity contribution is 9.10. The Labute approximate surface area is 160 Å². The van der Waals surface area contributed by atoms with Crippen molar-refractivity contribution in [3.8, 4) is 5.75 Å². The molecule has 0 bridgehead atoms. The van der Waals surface area contributed by atoms with Crippen molar-refractivity contribution in [1.82, 2.24) is 5.32 Å². The Morgan fingerprint density at radius 1 is 1.08 bits per heavy atom. The fraction of sp³-hybridized carbons (Fsp3) is 0.455. The predicted molar refractivity (Wildman–Crippen MR) is 108 cm³/mol. The highest BCUT2D eigenvalue weighted by atomic mass is 79.9. The number of piperidine rings is 1.